The monoisotopic (exact) mass is 302 g/mol. The van der Waals surface area contributed by atoms with Gasteiger partial charge < -0.3 is 5.73 Å². The van der Waals surface area contributed by atoms with Gasteiger partial charge in [0.25, 0.3) is 10.0 Å². The van der Waals surface area contributed by atoms with Crippen LogP contribution in [0.25, 0.3) is 0 Å². The third-order valence-electron chi connectivity index (χ3n) is 2.77. The molecule has 1 aromatic heterocycles. The van der Waals surface area contributed by atoms with Gasteiger partial charge in [0.05, 0.1) is 5.69 Å². The fraction of sp³-hybridized carbons (Fsp3) is 0.182. The molecule has 0 aliphatic carbocycles. The Balaban J connectivity index is 2.52. The van der Waals surface area contributed by atoms with Crippen LogP contribution < -0.4 is 10.5 Å². The van der Waals surface area contributed by atoms with Crippen molar-refractivity contribution in [3.8, 4) is 0 Å². The molecule has 0 atom stereocenters. The number of benzene rings is 1. The summed E-state index contributed by atoms with van der Waals surface area (Å²) in [4.78, 5) is -0.303. The van der Waals surface area contributed by atoms with Crippen molar-refractivity contribution in [3.63, 3.8) is 0 Å². The van der Waals surface area contributed by atoms with Crippen LogP contribution in [-0.2, 0) is 17.1 Å². The first kappa shape index (κ1) is 14.3. The number of nitrogen functional groups attached to an aromatic ring is 1. The standard InChI is InChI=1S/C11H12F2N4O2S/c1-6-10(11(14)15-17(6)2)20(18,19)16-9-7(12)4-3-5-8(9)13/h3-5,16H,1-2H3,(H2,14,15). The van der Waals surface area contributed by atoms with Gasteiger partial charge in [-0.25, -0.2) is 17.2 Å². The highest BCUT2D eigenvalue weighted by atomic mass is 32.2. The molecule has 0 amide bonds. The Morgan fingerprint density at radius 3 is 2.30 bits per heavy atom. The van der Waals surface area contributed by atoms with Crippen LogP contribution in [-0.4, -0.2) is 18.2 Å². The second-order valence-electron chi connectivity index (χ2n) is 4.13. The smallest absolute Gasteiger partial charge is 0.267 e. The summed E-state index contributed by atoms with van der Waals surface area (Å²) in [6, 6.07) is 3.02. The summed E-state index contributed by atoms with van der Waals surface area (Å²) >= 11 is 0. The van der Waals surface area contributed by atoms with E-state index in [1.54, 1.807) is 0 Å². The van der Waals surface area contributed by atoms with Crippen LogP contribution in [0.4, 0.5) is 20.3 Å². The number of anilines is 2. The highest BCUT2D eigenvalue weighted by Crippen LogP contribution is 2.26. The summed E-state index contributed by atoms with van der Waals surface area (Å²) in [5, 5.41) is 3.75. The normalized spacial score (nSPS) is 11.6. The Kier molecular flexibility index (Phi) is 3.38. The average molecular weight is 302 g/mol. The van der Waals surface area contributed by atoms with E-state index in [0.717, 1.165) is 18.2 Å². The molecule has 9 heteroatoms. The number of hydrogen-bond donors (Lipinski definition) is 2. The van der Waals surface area contributed by atoms with Crippen molar-refractivity contribution in [1.29, 1.82) is 0 Å². The number of rotatable bonds is 3. The predicted octanol–water partition coefficient (Wildman–Crippen LogP) is 1.39. The quantitative estimate of drug-likeness (QED) is 0.896. The molecule has 0 spiro atoms. The van der Waals surface area contributed by atoms with Crippen LogP contribution in [0.5, 0.6) is 0 Å². The molecule has 2 rings (SSSR count). The van der Waals surface area contributed by atoms with Crippen LogP contribution in [0.15, 0.2) is 23.1 Å². The number of halogens is 2. The zero-order chi connectivity index (χ0) is 15.1. The lowest BCUT2D eigenvalue weighted by atomic mass is 10.3. The zero-order valence-electron chi connectivity index (χ0n) is 10.7. The Morgan fingerprint density at radius 1 is 1.30 bits per heavy atom. The van der Waals surface area contributed by atoms with E-state index in [-0.39, 0.29) is 16.4 Å². The van der Waals surface area contributed by atoms with Gasteiger partial charge in [-0.2, -0.15) is 5.10 Å². The second kappa shape index (κ2) is 4.75. The molecule has 0 saturated carbocycles. The third-order valence-corrected chi connectivity index (χ3v) is 4.29. The minimum absolute atomic E-state index is 0.241. The van der Waals surface area contributed by atoms with Crippen LogP contribution in [0.1, 0.15) is 5.69 Å². The first-order valence-electron chi connectivity index (χ1n) is 5.50. The number of aryl methyl sites for hydroxylation is 1. The Bertz CT molecular complexity index is 751. The number of nitrogens with zero attached hydrogens (tertiary/aromatic N) is 2. The van der Waals surface area contributed by atoms with Crippen molar-refractivity contribution >= 4 is 21.5 Å². The highest BCUT2D eigenvalue weighted by molar-refractivity contribution is 7.93. The molecule has 1 heterocycles. The molecular formula is C11H12F2N4O2S. The van der Waals surface area contributed by atoms with Crippen molar-refractivity contribution in [2.24, 2.45) is 7.05 Å². The summed E-state index contributed by atoms with van der Waals surface area (Å²) < 4.78 is 54.5. The number of aromatic nitrogens is 2. The molecule has 0 radical (unpaired) electrons. The first-order chi connectivity index (χ1) is 9.24. The van der Waals surface area contributed by atoms with E-state index < -0.39 is 27.3 Å². The molecular weight excluding hydrogens is 290 g/mol. The summed E-state index contributed by atoms with van der Waals surface area (Å²) in [5.74, 6) is -2.28. The van der Waals surface area contributed by atoms with Gasteiger partial charge in [-0.15, -0.1) is 0 Å². The fourth-order valence-electron chi connectivity index (χ4n) is 1.73. The van der Waals surface area contributed by atoms with E-state index in [1.165, 1.54) is 18.7 Å². The molecule has 0 bridgehead atoms. The van der Waals surface area contributed by atoms with Crippen LogP contribution >= 0.6 is 0 Å². The van der Waals surface area contributed by atoms with Gasteiger partial charge in [0.2, 0.25) is 0 Å². The molecule has 1 aromatic carbocycles. The highest BCUT2D eigenvalue weighted by Gasteiger charge is 2.26. The maximum atomic E-state index is 13.5. The molecule has 20 heavy (non-hydrogen) atoms. The van der Waals surface area contributed by atoms with Gasteiger partial charge in [0.1, 0.15) is 17.3 Å². The topological polar surface area (TPSA) is 90.0 Å². The van der Waals surface area contributed by atoms with E-state index >= 15 is 0 Å². The lowest BCUT2D eigenvalue weighted by molar-refractivity contribution is 0.582. The predicted molar refractivity (Wildman–Crippen MR) is 69.5 cm³/mol. The van der Waals surface area contributed by atoms with Gasteiger partial charge >= 0.3 is 0 Å². The summed E-state index contributed by atoms with van der Waals surface area (Å²) in [6.45, 7) is 1.48. The van der Waals surface area contributed by atoms with E-state index in [9.17, 15) is 17.2 Å². The van der Waals surface area contributed by atoms with Crippen molar-refractivity contribution < 1.29 is 17.2 Å². The van der Waals surface area contributed by atoms with E-state index in [2.05, 4.69) is 5.10 Å². The summed E-state index contributed by atoms with van der Waals surface area (Å²) in [7, 11) is -2.73. The van der Waals surface area contributed by atoms with Gasteiger partial charge in [-0.05, 0) is 19.1 Å². The number of sulfonamides is 1. The van der Waals surface area contributed by atoms with Crippen LogP contribution in [0, 0.1) is 18.6 Å². The van der Waals surface area contributed by atoms with Crippen molar-refractivity contribution in [2.75, 3.05) is 10.5 Å². The van der Waals surface area contributed by atoms with E-state index in [1.807, 2.05) is 4.72 Å². The van der Waals surface area contributed by atoms with Gasteiger partial charge in [0, 0.05) is 7.05 Å². The maximum Gasteiger partial charge on any atom is 0.267 e. The minimum atomic E-state index is -4.24. The fourth-order valence-corrected chi connectivity index (χ4v) is 3.13. The minimum Gasteiger partial charge on any atom is -0.381 e. The maximum absolute atomic E-state index is 13.5. The average Bonchev–Trinajstić information content (AvgIpc) is 2.59. The van der Waals surface area contributed by atoms with Gasteiger partial charge in [0.15, 0.2) is 10.7 Å². The second-order valence-corrected chi connectivity index (χ2v) is 5.74. The van der Waals surface area contributed by atoms with E-state index in [4.69, 9.17) is 5.73 Å². The molecule has 0 aliphatic rings. The molecule has 0 aliphatic heterocycles. The molecule has 2 aromatic rings. The molecule has 0 saturated heterocycles. The lowest BCUT2D eigenvalue weighted by Crippen LogP contribution is -2.17. The number of para-hydroxylation sites is 1. The lowest BCUT2D eigenvalue weighted by Gasteiger charge is -2.09. The largest absolute Gasteiger partial charge is 0.381 e. The van der Waals surface area contributed by atoms with Crippen LogP contribution in [0.3, 0.4) is 0 Å². The van der Waals surface area contributed by atoms with Crippen molar-refractivity contribution in [2.45, 2.75) is 11.8 Å². The Labute approximate surface area is 114 Å². The van der Waals surface area contributed by atoms with Gasteiger partial charge in [-0.1, -0.05) is 6.07 Å². The molecule has 0 unspecified atom stereocenters. The van der Waals surface area contributed by atoms with Crippen molar-refractivity contribution in [1.82, 2.24) is 9.78 Å². The zero-order valence-corrected chi connectivity index (χ0v) is 11.5. The first-order valence-corrected chi connectivity index (χ1v) is 6.98. The number of hydrogen-bond acceptors (Lipinski definition) is 4. The molecule has 108 valence electrons. The molecule has 6 nitrogen and oxygen atoms in total. The molecule has 3 N–H and O–H groups in total. The number of nitrogens with two attached hydrogens (primary N) is 1. The summed E-state index contributed by atoms with van der Waals surface area (Å²) in [5.41, 5.74) is 5.02. The Morgan fingerprint density at radius 2 is 1.85 bits per heavy atom. The summed E-state index contributed by atoms with van der Waals surface area (Å²) in [6.07, 6.45) is 0. The Hall–Kier alpha value is -2.16. The van der Waals surface area contributed by atoms with Crippen molar-refractivity contribution in [3.05, 3.63) is 35.5 Å². The van der Waals surface area contributed by atoms with E-state index in [0.29, 0.717) is 0 Å². The van der Waals surface area contributed by atoms with Gasteiger partial charge in [-0.3, -0.25) is 9.40 Å². The number of nitrogens with one attached hydrogen (secondary N) is 1. The SMILES string of the molecule is Cc1c(S(=O)(=O)Nc2c(F)cccc2F)c(N)nn1C. The van der Waals surface area contributed by atoms with Crippen LogP contribution in [0.2, 0.25) is 0 Å². The third kappa shape index (κ3) is 2.31. The molecule has 0 fully saturated rings.